The van der Waals surface area contributed by atoms with Gasteiger partial charge in [-0.15, -0.1) is 0 Å². The highest BCUT2D eigenvalue weighted by Gasteiger charge is 2.15. The first-order valence-electron chi connectivity index (χ1n) is 5.85. The van der Waals surface area contributed by atoms with Crippen LogP contribution in [-0.4, -0.2) is 13.1 Å². The minimum absolute atomic E-state index is 0.146. The van der Waals surface area contributed by atoms with E-state index in [4.69, 9.17) is 5.73 Å². The van der Waals surface area contributed by atoms with Crippen molar-refractivity contribution in [3.8, 4) is 0 Å². The summed E-state index contributed by atoms with van der Waals surface area (Å²) in [6.07, 6.45) is 2.47. The minimum atomic E-state index is 0.146. The Bertz CT molecular complexity index is 344. The zero-order valence-electron chi connectivity index (χ0n) is 9.66. The van der Waals surface area contributed by atoms with Crippen molar-refractivity contribution >= 4 is 5.69 Å². The van der Waals surface area contributed by atoms with Gasteiger partial charge in [-0.1, -0.05) is 12.1 Å². The molecule has 1 aliphatic heterocycles. The zero-order valence-corrected chi connectivity index (χ0v) is 9.66. The van der Waals surface area contributed by atoms with Crippen LogP contribution in [0.15, 0.2) is 18.2 Å². The van der Waals surface area contributed by atoms with Gasteiger partial charge in [0, 0.05) is 24.8 Å². The van der Waals surface area contributed by atoms with Crippen molar-refractivity contribution in [2.45, 2.75) is 32.7 Å². The number of hydrogen-bond acceptors (Lipinski definition) is 2. The van der Waals surface area contributed by atoms with E-state index in [0.29, 0.717) is 0 Å². The van der Waals surface area contributed by atoms with Crippen molar-refractivity contribution in [2.75, 3.05) is 18.0 Å². The van der Waals surface area contributed by atoms with Crippen LogP contribution in [-0.2, 0) is 6.42 Å². The highest BCUT2D eigenvalue weighted by molar-refractivity contribution is 5.57. The number of aryl methyl sites for hydroxylation is 1. The summed E-state index contributed by atoms with van der Waals surface area (Å²) in [4.78, 5) is 2.45. The molecular formula is C13H20N2. The molecule has 82 valence electrons. The van der Waals surface area contributed by atoms with Crippen LogP contribution >= 0.6 is 0 Å². The third kappa shape index (κ3) is 2.00. The molecule has 2 nitrogen and oxygen atoms in total. The summed E-state index contributed by atoms with van der Waals surface area (Å²) in [5, 5.41) is 0. The van der Waals surface area contributed by atoms with E-state index in [9.17, 15) is 0 Å². The quantitative estimate of drug-likeness (QED) is 0.802. The standard InChI is InChI=1S/C13H20N2/c1-3-15-8-4-5-12-9-11(10(2)14)6-7-13(12)15/h6-7,9-10H,3-5,8,14H2,1-2H3. The average molecular weight is 204 g/mol. The van der Waals surface area contributed by atoms with Crippen LogP contribution in [0.25, 0.3) is 0 Å². The second kappa shape index (κ2) is 4.23. The van der Waals surface area contributed by atoms with E-state index in [-0.39, 0.29) is 6.04 Å². The first-order chi connectivity index (χ1) is 7.22. The molecule has 2 rings (SSSR count). The van der Waals surface area contributed by atoms with Crippen molar-refractivity contribution < 1.29 is 0 Å². The smallest absolute Gasteiger partial charge is 0.0398 e. The first-order valence-corrected chi connectivity index (χ1v) is 5.85. The van der Waals surface area contributed by atoms with Gasteiger partial charge in [0.1, 0.15) is 0 Å². The Labute approximate surface area is 92.1 Å². The molecule has 1 aliphatic rings. The maximum atomic E-state index is 5.90. The topological polar surface area (TPSA) is 29.3 Å². The van der Waals surface area contributed by atoms with E-state index in [0.717, 1.165) is 6.54 Å². The lowest BCUT2D eigenvalue weighted by molar-refractivity contribution is 0.703. The summed E-state index contributed by atoms with van der Waals surface area (Å²) in [7, 11) is 0. The molecule has 1 atom stereocenters. The van der Waals surface area contributed by atoms with Gasteiger partial charge in [-0.2, -0.15) is 0 Å². The van der Waals surface area contributed by atoms with Crippen molar-refractivity contribution in [1.29, 1.82) is 0 Å². The molecule has 1 heterocycles. The summed E-state index contributed by atoms with van der Waals surface area (Å²) < 4.78 is 0. The SMILES string of the molecule is CCN1CCCc2cc(C(C)N)ccc21. The number of benzene rings is 1. The maximum Gasteiger partial charge on any atom is 0.0398 e. The number of rotatable bonds is 2. The largest absolute Gasteiger partial charge is 0.372 e. The van der Waals surface area contributed by atoms with Crippen LogP contribution in [0.4, 0.5) is 5.69 Å². The second-order valence-corrected chi connectivity index (χ2v) is 4.36. The monoisotopic (exact) mass is 204 g/mol. The van der Waals surface area contributed by atoms with E-state index in [1.165, 1.54) is 36.2 Å². The molecule has 1 unspecified atom stereocenters. The third-order valence-electron chi connectivity index (χ3n) is 3.23. The van der Waals surface area contributed by atoms with Gasteiger partial charge < -0.3 is 10.6 Å². The van der Waals surface area contributed by atoms with Gasteiger partial charge in [0.05, 0.1) is 0 Å². The normalized spacial score (nSPS) is 17.4. The second-order valence-electron chi connectivity index (χ2n) is 4.36. The molecule has 2 heteroatoms. The maximum absolute atomic E-state index is 5.90. The van der Waals surface area contributed by atoms with Crippen LogP contribution in [0.1, 0.15) is 37.4 Å². The number of nitrogens with two attached hydrogens (primary N) is 1. The first kappa shape index (κ1) is 10.5. The molecule has 1 aromatic carbocycles. The van der Waals surface area contributed by atoms with E-state index in [1.54, 1.807) is 0 Å². The fourth-order valence-corrected chi connectivity index (χ4v) is 2.31. The van der Waals surface area contributed by atoms with Crippen LogP contribution in [0, 0.1) is 0 Å². The molecule has 0 bridgehead atoms. The van der Waals surface area contributed by atoms with Crippen molar-refractivity contribution in [2.24, 2.45) is 5.73 Å². The van der Waals surface area contributed by atoms with E-state index in [1.807, 2.05) is 6.92 Å². The lowest BCUT2D eigenvalue weighted by Crippen LogP contribution is -2.29. The van der Waals surface area contributed by atoms with Crippen molar-refractivity contribution in [1.82, 2.24) is 0 Å². The van der Waals surface area contributed by atoms with Gasteiger partial charge in [0.25, 0.3) is 0 Å². The predicted octanol–water partition coefficient (Wildman–Crippen LogP) is 2.48. The number of nitrogens with zero attached hydrogens (tertiary/aromatic N) is 1. The number of anilines is 1. The predicted molar refractivity (Wildman–Crippen MR) is 65.3 cm³/mol. The Balaban J connectivity index is 2.36. The number of fused-ring (bicyclic) bond motifs is 1. The van der Waals surface area contributed by atoms with Crippen molar-refractivity contribution in [3.05, 3.63) is 29.3 Å². The highest BCUT2D eigenvalue weighted by Crippen LogP contribution is 2.28. The van der Waals surface area contributed by atoms with E-state index in [2.05, 4.69) is 30.0 Å². The van der Waals surface area contributed by atoms with Gasteiger partial charge in [-0.05, 0) is 43.9 Å². The Morgan fingerprint density at radius 2 is 2.27 bits per heavy atom. The molecule has 0 aromatic heterocycles. The summed E-state index contributed by atoms with van der Waals surface area (Å²) >= 11 is 0. The summed E-state index contributed by atoms with van der Waals surface area (Å²) in [5.74, 6) is 0. The van der Waals surface area contributed by atoms with E-state index >= 15 is 0 Å². The highest BCUT2D eigenvalue weighted by atomic mass is 15.1. The molecule has 2 N–H and O–H groups in total. The Morgan fingerprint density at radius 3 is 2.93 bits per heavy atom. The molecule has 1 aromatic rings. The molecule has 15 heavy (non-hydrogen) atoms. The molecule has 0 radical (unpaired) electrons. The average Bonchev–Trinajstić information content (AvgIpc) is 2.27. The summed E-state index contributed by atoms with van der Waals surface area (Å²) in [6.45, 7) is 6.56. The Hall–Kier alpha value is -1.02. The summed E-state index contributed by atoms with van der Waals surface area (Å²) in [6, 6.07) is 6.82. The minimum Gasteiger partial charge on any atom is -0.372 e. The fraction of sp³-hybridized carbons (Fsp3) is 0.538. The van der Waals surface area contributed by atoms with E-state index < -0.39 is 0 Å². The van der Waals surface area contributed by atoms with Crippen LogP contribution < -0.4 is 10.6 Å². The summed E-state index contributed by atoms with van der Waals surface area (Å²) in [5.41, 5.74) is 10.0. The fourth-order valence-electron chi connectivity index (χ4n) is 2.31. The lowest BCUT2D eigenvalue weighted by Gasteiger charge is -2.30. The number of hydrogen-bond donors (Lipinski definition) is 1. The van der Waals surface area contributed by atoms with Gasteiger partial charge in [0.2, 0.25) is 0 Å². The molecular weight excluding hydrogens is 184 g/mol. The molecule has 0 spiro atoms. The molecule has 0 saturated carbocycles. The molecule has 0 amide bonds. The molecule has 0 aliphatic carbocycles. The van der Waals surface area contributed by atoms with Gasteiger partial charge in [-0.3, -0.25) is 0 Å². The van der Waals surface area contributed by atoms with Gasteiger partial charge in [-0.25, -0.2) is 0 Å². The van der Waals surface area contributed by atoms with Crippen LogP contribution in [0.2, 0.25) is 0 Å². The van der Waals surface area contributed by atoms with Crippen LogP contribution in [0.5, 0.6) is 0 Å². The Morgan fingerprint density at radius 1 is 1.47 bits per heavy atom. The van der Waals surface area contributed by atoms with Crippen LogP contribution in [0.3, 0.4) is 0 Å². The van der Waals surface area contributed by atoms with Gasteiger partial charge in [0.15, 0.2) is 0 Å². The zero-order chi connectivity index (χ0) is 10.8. The molecule has 0 saturated heterocycles. The lowest BCUT2D eigenvalue weighted by atomic mass is 9.97. The third-order valence-corrected chi connectivity index (χ3v) is 3.23. The Kier molecular flexibility index (Phi) is 2.96. The van der Waals surface area contributed by atoms with Crippen molar-refractivity contribution in [3.63, 3.8) is 0 Å². The molecule has 0 fully saturated rings. The van der Waals surface area contributed by atoms with Gasteiger partial charge >= 0.3 is 0 Å².